The van der Waals surface area contributed by atoms with Crippen molar-refractivity contribution in [3.8, 4) is 5.75 Å². The molecule has 0 aliphatic heterocycles. The van der Waals surface area contributed by atoms with Crippen LogP contribution in [-0.2, 0) is 14.3 Å². The molecular weight excluding hydrogens is 406 g/mol. The van der Waals surface area contributed by atoms with Crippen molar-refractivity contribution >= 4 is 34.2 Å². The Morgan fingerprint density at radius 2 is 1.77 bits per heavy atom. The smallest absolute Gasteiger partial charge is 0.348 e. The van der Waals surface area contributed by atoms with E-state index in [0.29, 0.717) is 17.2 Å². The lowest BCUT2D eigenvalue weighted by Gasteiger charge is -2.11. The molecular formula is C22H27NO6S. The third-order valence-corrected chi connectivity index (χ3v) is 5.87. The lowest BCUT2D eigenvalue weighted by molar-refractivity contribution is -0.118. The average molecular weight is 434 g/mol. The minimum absolute atomic E-state index is 0.147. The summed E-state index contributed by atoms with van der Waals surface area (Å²) in [6.45, 7) is 7.50. The molecule has 7 nitrogen and oxygen atoms in total. The summed E-state index contributed by atoms with van der Waals surface area (Å²) >= 11 is 0.968. The monoisotopic (exact) mass is 433 g/mol. The molecule has 1 heterocycles. The molecule has 2 aromatic rings. The van der Waals surface area contributed by atoms with Crippen LogP contribution in [0.25, 0.3) is 0 Å². The first-order chi connectivity index (χ1) is 14.3. The SMILES string of the molecule is CCOC(=O)c1c(NC(=O)COc2ccc([C@@H](C)CC)cc2)sc(C(=O)OC)c1C. The van der Waals surface area contributed by atoms with Gasteiger partial charge in [0.2, 0.25) is 0 Å². The highest BCUT2D eigenvalue weighted by Gasteiger charge is 2.27. The molecule has 0 spiro atoms. The second-order valence-corrected chi connectivity index (χ2v) is 7.71. The predicted molar refractivity (Wildman–Crippen MR) is 116 cm³/mol. The van der Waals surface area contributed by atoms with Gasteiger partial charge in [-0.1, -0.05) is 26.0 Å². The first kappa shape index (κ1) is 23.4. The number of ether oxygens (including phenoxy) is 3. The number of hydrogen-bond donors (Lipinski definition) is 1. The van der Waals surface area contributed by atoms with Gasteiger partial charge in [0.05, 0.1) is 19.3 Å². The molecule has 1 aromatic carbocycles. The second kappa shape index (κ2) is 10.8. The van der Waals surface area contributed by atoms with Gasteiger partial charge in [-0.15, -0.1) is 11.3 Å². The molecule has 0 aliphatic carbocycles. The van der Waals surface area contributed by atoms with E-state index in [1.165, 1.54) is 12.7 Å². The number of amides is 1. The Labute approximate surface area is 180 Å². The molecule has 0 saturated carbocycles. The number of thiophene rings is 1. The fraction of sp³-hybridized carbons (Fsp3) is 0.409. The van der Waals surface area contributed by atoms with Crippen LogP contribution < -0.4 is 10.1 Å². The van der Waals surface area contributed by atoms with Gasteiger partial charge in [-0.25, -0.2) is 9.59 Å². The summed E-state index contributed by atoms with van der Waals surface area (Å²) in [7, 11) is 1.25. The minimum Gasteiger partial charge on any atom is -0.484 e. The quantitative estimate of drug-likeness (QED) is 0.584. The third kappa shape index (κ3) is 5.60. The van der Waals surface area contributed by atoms with E-state index in [4.69, 9.17) is 14.2 Å². The van der Waals surface area contributed by atoms with Gasteiger partial charge in [-0.3, -0.25) is 4.79 Å². The molecule has 1 aromatic heterocycles. The topological polar surface area (TPSA) is 90.9 Å². The number of esters is 2. The van der Waals surface area contributed by atoms with Crippen molar-refractivity contribution in [3.05, 3.63) is 45.8 Å². The van der Waals surface area contributed by atoms with Crippen LogP contribution in [0.4, 0.5) is 5.00 Å². The van der Waals surface area contributed by atoms with Crippen molar-refractivity contribution < 1.29 is 28.6 Å². The van der Waals surface area contributed by atoms with E-state index in [2.05, 4.69) is 19.2 Å². The normalized spacial score (nSPS) is 11.5. The zero-order valence-electron chi connectivity index (χ0n) is 17.9. The highest BCUT2D eigenvalue weighted by atomic mass is 32.1. The molecule has 1 atom stereocenters. The van der Waals surface area contributed by atoms with E-state index < -0.39 is 17.8 Å². The highest BCUT2D eigenvalue weighted by Crippen LogP contribution is 2.34. The van der Waals surface area contributed by atoms with Gasteiger partial charge in [0.1, 0.15) is 15.6 Å². The summed E-state index contributed by atoms with van der Waals surface area (Å²) in [6, 6.07) is 7.60. The number of carbonyl (C=O) groups is 3. The van der Waals surface area contributed by atoms with Gasteiger partial charge in [-0.2, -0.15) is 0 Å². The summed E-state index contributed by atoms with van der Waals surface area (Å²) in [4.78, 5) is 36.9. The van der Waals surface area contributed by atoms with E-state index in [1.807, 2.05) is 24.3 Å². The van der Waals surface area contributed by atoms with Crippen LogP contribution in [0, 0.1) is 6.92 Å². The maximum Gasteiger partial charge on any atom is 0.348 e. The van der Waals surface area contributed by atoms with Crippen molar-refractivity contribution in [1.29, 1.82) is 0 Å². The van der Waals surface area contributed by atoms with E-state index in [1.54, 1.807) is 13.8 Å². The largest absolute Gasteiger partial charge is 0.484 e. The van der Waals surface area contributed by atoms with Gasteiger partial charge >= 0.3 is 11.9 Å². The maximum absolute atomic E-state index is 12.4. The maximum atomic E-state index is 12.4. The van der Waals surface area contributed by atoms with Gasteiger partial charge in [-0.05, 0) is 49.4 Å². The number of anilines is 1. The molecule has 162 valence electrons. The van der Waals surface area contributed by atoms with Gasteiger partial charge in [0.15, 0.2) is 6.61 Å². The summed E-state index contributed by atoms with van der Waals surface area (Å²) in [5, 5.41) is 2.87. The van der Waals surface area contributed by atoms with E-state index in [-0.39, 0.29) is 28.7 Å². The first-order valence-electron chi connectivity index (χ1n) is 9.73. The molecule has 0 bridgehead atoms. The molecule has 0 radical (unpaired) electrons. The number of methoxy groups -OCH3 is 1. The van der Waals surface area contributed by atoms with Crippen molar-refractivity contribution in [2.24, 2.45) is 0 Å². The Hall–Kier alpha value is -2.87. The number of nitrogens with one attached hydrogen (secondary N) is 1. The third-order valence-electron chi connectivity index (χ3n) is 4.68. The van der Waals surface area contributed by atoms with Crippen molar-refractivity contribution in [2.45, 2.75) is 40.0 Å². The lowest BCUT2D eigenvalue weighted by Crippen LogP contribution is -2.21. The number of carbonyl (C=O) groups excluding carboxylic acids is 3. The van der Waals surface area contributed by atoms with Gasteiger partial charge < -0.3 is 19.5 Å². The molecule has 0 saturated heterocycles. The fourth-order valence-electron chi connectivity index (χ4n) is 2.78. The van der Waals surface area contributed by atoms with Crippen molar-refractivity contribution in [2.75, 3.05) is 25.6 Å². The molecule has 2 rings (SSSR count). The molecule has 0 fully saturated rings. The Balaban J connectivity index is 2.11. The molecule has 0 unspecified atom stereocenters. The average Bonchev–Trinajstić information content (AvgIpc) is 3.07. The zero-order chi connectivity index (χ0) is 22.3. The van der Waals surface area contributed by atoms with E-state index in [0.717, 1.165) is 17.8 Å². The van der Waals surface area contributed by atoms with Gasteiger partial charge in [0, 0.05) is 0 Å². The molecule has 30 heavy (non-hydrogen) atoms. The molecule has 1 N–H and O–H groups in total. The predicted octanol–water partition coefficient (Wildman–Crippen LogP) is 4.55. The number of rotatable bonds is 9. The minimum atomic E-state index is -0.613. The molecule has 1 amide bonds. The van der Waals surface area contributed by atoms with Crippen LogP contribution in [0.5, 0.6) is 5.75 Å². The first-order valence-corrected chi connectivity index (χ1v) is 10.5. The van der Waals surface area contributed by atoms with Crippen LogP contribution >= 0.6 is 11.3 Å². The lowest BCUT2D eigenvalue weighted by atomic mass is 9.99. The van der Waals surface area contributed by atoms with E-state index >= 15 is 0 Å². The van der Waals surface area contributed by atoms with Gasteiger partial charge in [0.25, 0.3) is 5.91 Å². The van der Waals surface area contributed by atoms with Crippen LogP contribution in [0.3, 0.4) is 0 Å². The molecule has 8 heteroatoms. The number of hydrogen-bond acceptors (Lipinski definition) is 7. The summed E-state index contributed by atoms with van der Waals surface area (Å²) in [5.41, 5.74) is 1.76. The Morgan fingerprint density at radius 1 is 1.10 bits per heavy atom. The molecule has 0 aliphatic rings. The van der Waals surface area contributed by atoms with Crippen LogP contribution in [0.1, 0.15) is 64.3 Å². The Bertz CT molecular complexity index is 903. The summed E-state index contributed by atoms with van der Waals surface area (Å²) in [6.07, 6.45) is 1.04. The highest BCUT2D eigenvalue weighted by molar-refractivity contribution is 7.18. The Kier molecular flexibility index (Phi) is 8.41. The fourth-order valence-corrected chi connectivity index (χ4v) is 3.91. The van der Waals surface area contributed by atoms with Crippen molar-refractivity contribution in [3.63, 3.8) is 0 Å². The van der Waals surface area contributed by atoms with Crippen LogP contribution in [-0.4, -0.2) is 38.2 Å². The van der Waals surface area contributed by atoms with Crippen LogP contribution in [0.2, 0.25) is 0 Å². The standard InChI is InChI=1S/C22H27NO6S/c1-6-13(3)15-8-10-16(11-9-15)29-12-17(24)23-20-18(21(25)28-7-2)14(4)19(30-20)22(26)27-5/h8-11,13H,6-7,12H2,1-5H3,(H,23,24)/t13-/m0/s1. The summed E-state index contributed by atoms with van der Waals surface area (Å²) < 4.78 is 15.4. The van der Waals surface area contributed by atoms with E-state index in [9.17, 15) is 14.4 Å². The summed E-state index contributed by atoms with van der Waals surface area (Å²) in [5.74, 6) is -0.626. The van der Waals surface area contributed by atoms with Crippen molar-refractivity contribution in [1.82, 2.24) is 0 Å². The zero-order valence-corrected chi connectivity index (χ0v) is 18.7. The second-order valence-electron chi connectivity index (χ2n) is 6.69. The van der Waals surface area contributed by atoms with Crippen LogP contribution in [0.15, 0.2) is 24.3 Å². The number of benzene rings is 1. The Morgan fingerprint density at radius 3 is 2.33 bits per heavy atom.